The molecular formula is C20H28FN3O7. The van der Waals surface area contributed by atoms with Crippen LogP contribution < -0.4 is 15.2 Å². The highest BCUT2D eigenvalue weighted by molar-refractivity contribution is 5.66. The molecule has 0 unspecified atom stereocenters. The fourth-order valence-electron chi connectivity index (χ4n) is 4.11. The van der Waals surface area contributed by atoms with Crippen molar-refractivity contribution < 1.29 is 34.2 Å². The third-order valence-corrected chi connectivity index (χ3v) is 5.61. The molecule has 1 aromatic rings. The molecule has 11 heteroatoms. The van der Waals surface area contributed by atoms with Gasteiger partial charge in [0.2, 0.25) is 11.6 Å². The zero-order valence-corrected chi connectivity index (χ0v) is 17.3. The van der Waals surface area contributed by atoms with E-state index >= 15 is 0 Å². The van der Waals surface area contributed by atoms with Crippen LogP contribution in [-0.2, 0) is 4.79 Å². The van der Waals surface area contributed by atoms with Crippen molar-refractivity contribution in [1.29, 1.82) is 0 Å². The Balaban J connectivity index is 0.000000231. The minimum Gasteiger partial charge on any atom is -0.546 e. The summed E-state index contributed by atoms with van der Waals surface area (Å²) in [6.07, 6.45) is 15.0. The molecule has 31 heavy (non-hydrogen) atoms. The molecule has 2 N–H and O–H groups in total. The van der Waals surface area contributed by atoms with Crippen molar-refractivity contribution in [2.75, 3.05) is 6.61 Å². The summed E-state index contributed by atoms with van der Waals surface area (Å²) in [4.78, 5) is 28.8. The van der Waals surface area contributed by atoms with Crippen molar-refractivity contribution in [3.05, 3.63) is 38.2 Å². The van der Waals surface area contributed by atoms with Gasteiger partial charge in [-0.05, 0) is 51.4 Å². The van der Waals surface area contributed by atoms with E-state index in [1.807, 2.05) is 0 Å². The fraction of sp³-hybridized carbons (Fsp3) is 0.650. The van der Waals surface area contributed by atoms with Crippen LogP contribution in [0.25, 0.3) is 0 Å². The zero-order chi connectivity index (χ0) is 22.8. The molecule has 0 aromatic heterocycles. The smallest absolute Gasteiger partial charge is 0.318 e. The minimum atomic E-state index is -1.68. The first-order valence-corrected chi connectivity index (χ1v) is 10.6. The van der Waals surface area contributed by atoms with Crippen molar-refractivity contribution in [2.24, 2.45) is 0 Å². The van der Waals surface area contributed by atoms with Gasteiger partial charge in [0.05, 0.1) is 27.9 Å². The van der Waals surface area contributed by atoms with Gasteiger partial charge in [-0.2, -0.15) is 4.39 Å². The normalized spacial score (nSPS) is 17.3. The zero-order valence-electron chi connectivity index (χ0n) is 17.3. The molecular weight excluding hydrogens is 413 g/mol. The van der Waals surface area contributed by atoms with E-state index < -0.39 is 45.4 Å². The van der Waals surface area contributed by atoms with Crippen LogP contribution in [0.5, 0.6) is 5.75 Å². The van der Waals surface area contributed by atoms with Gasteiger partial charge in [0, 0.05) is 6.07 Å². The van der Waals surface area contributed by atoms with Gasteiger partial charge in [0.1, 0.15) is 12.7 Å². The lowest BCUT2D eigenvalue weighted by Crippen LogP contribution is -2.95. The molecule has 3 rings (SSSR count). The Bertz CT molecular complexity index is 762. The van der Waals surface area contributed by atoms with Crippen molar-refractivity contribution >= 4 is 17.3 Å². The lowest BCUT2D eigenvalue weighted by Gasteiger charge is -2.27. The highest BCUT2D eigenvalue weighted by Crippen LogP contribution is 2.33. The number of aliphatic carboxylic acids is 1. The largest absolute Gasteiger partial charge is 0.546 e. The van der Waals surface area contributed by atoms with Crippen LogP contribution in [0.3, 0.4) is 0 Å². The molecule has 0 aliphatic heterocycles. The molecule has 2 fully saturated rings. The first kappa shape index (κ1) is 24.4. The number of carboxylic acid groups (broad SMARTS) is 1. The summed E-state index contributed by atoms with van der Waals surface area (Å²) >= 11 is 0. The monoisotopic (exact) mass is 441 g/mol. The number of carbonyl (C=O) groups is 1. The first-order valence-electron chi connectivity index (χ1n) is 10.6. The van der Waals surface area contributed by atoms with Gasteiger partial charge in [0.15, 0.2) is 0 Å². The third-order valence-electron chi connectivity index (χ3n) is 5.61. The van der Waals surface area contributed by atoms with E-state index in [4.69, 9.17) is 0 Å². The number of nitrogens with two attached hydrogens (primary N) is 1. The predicted octanol–water partition coefficient (Wildman–Crippen LogP) is 1.99. The second-order valence-electron chi connectivity index (χ2n) is 7.93. The maximum atomic E-state index is 13.2. The summed E-state index contributed by atoms with van der Waals surface area (Å²) in [7, 11) is 0. The Morgan fingerprint density at radius 2 is 1.42 bits per heavy atom. The Morgan fingerprint density at radius 1 is 0.935 bits per heavy atom. The number of ether oxygens (including phenoxy) is 1. The molecule has 1 aromatic carbocycles. The van der Waals surface area contributed by atoms with Crippen LogP contribution in [-0.4, -0.2) is 34.5 Å². The average Bonchev–Trinajstić information content (AvgIpc) is 2.73. The number of carbonyl (C=O) groups excluding carboxylic acids is 1. The van der Waals surface area contributed by atoms with Crippen LogP contribution >= 0.6 is 0 Å². The summed E-state index contributed by atoms with van der Waals surface area (Å²) in [5.74, 6) is -3.78. The van der Waals surface area contributed by atoms with Gasteiger partial charge in [-0.3, -0.25) is 20.2 Å². The van der Waals surface area contributed by atoms with Crippen LogP contribution in [0.2, 0.25) is 0 Å². The average molecular weight is 441 g/mol. The molecule has 0 saturated heterocycles. The number of carboxylic acids is 1. The maximum absolute atomic E-state index is 13.2. The van der Waals surface area contributed by atoms with Gasteiger partial charge in [-0.25, -0.2) is 0 Å². The fourth-order valence-corrected chi connectivity index (χ4v) is 4.11. The molecule has 0 bridgehead atoms. The number of nitrogens with zero attached hydrogens (tertiary/aromatic N) is 2. The lowest BCUT2D eigenvalue weighted by molar-refractivity contribution is -0.725. The SMILES string of the molecule is C1CCC([NH2+]C2CCCCC2)CC1.O=C([O-])COc1cc(F)c([N+](=O)[O-])cc1[N+](=O)[O-]. The van der Waals surface area contributed by atoms with Gasteiger partial charge in [-0.1, -0.05) is 12.8 Å². The molecule has 2 saturated carbocycles. The summed E-state index contributed by atoms with van der Waals surface area (Å²) in [5, 5.41) is 33.8. The molecule has 10 nitrogen and oxygen atoms in total. The first-order chi connectivity index (χ1) is 14.8. The van der Waals surface area contributed by atoms with Crippen LogP contribution in [0.15, 0.2) is 12.1 Å². The van der Waals surface area contributed by atoms with Crippen LogP contribution in [0, 0.1) is 26.0 Å². The number of quaternary nitrogens is 1. The van der Waals surface area contributed by atoms with E-state index in [-0.39, 0.29) is 0 Å². The molecule has 0 amide bonds. The van der Waals surface area contributed by atoms with E-state index in [1.54, 1.807) is 0 Å². The van der Waals surface area contributed by atoms with E-state index in [2.05, 4.69) is 10.1 Å². The Hall–Kier alpha value is -2.82. The highest BCUT2D eigenvalue weighted by atomic mass is 19.1. The number of rotatable bonds is 7. The predicted molar refractivity (Wildman–Crippen MR) is 106 cm³/mol. The second-order valence-corrected chi connectivity index (χ2v) is 7.93. The number of benzene rings is 1. The van der Waals surface area contributed by atoms with E-state index in [1.165, 1.54) is 64.2 Å². The van der Waals surface area contributed by atoms with E-state index in [0.717, 1.165) is 12.1 Å². The number of nitro groups is 2. The molecule has 0 radical (unpaired) electrons. The van der Waals surface area contributed by atoms with Crippen molar-refractivity contribution in [2.45, 2.75) is 76.3 Å². The maximum Gasteiger partial charge on any atom is 0.318 e. The number of nitro benzene ring substituents is 2. The number of hydrogen-bond acceptors (Lipinski definition) is 7. The summed E-state index contributed by atoms with van der Waals surface area (Å²) in [5.41, 5.74) is -2.02. The van der Waals surface area contributed by atoms with Crippen molar-refractivity contribution in [3.63, 3.8) is 0 Å². The van der Waals surface area contributed by atoms with Gasteiger partial charge in [0.25, 0.3) is 0 Å². The van der Waals surface area contributed by atoms with Crippen molar-refractivity contribution in [3.8, 4) is 5.75 Å². The summed E-state index contributed by atoms with van der Waals surface area (Å²) in [6, 6.07) is 2.72. The highest BCUT2D eigenvalue weighted by Gasteiger charge is 2.26. The minimum absolute atomic E-state index is 0.347. The van der Waals surface area contributed by atoms with Crippen molar-refractivity contribution in [1.82, 2.24) is 0 Å². The molecule has 0 heterocycles. The van der Waals surface area contributed by atoms with E-state index in [9.17, 15) is 34.5 Å². The topological polar surface area (TPSA) is 152 Å². The summed E-state index contributed by atoms with van der Waals surface area (Å²) < 4.78 is 17.6. The Kier molecular flexibility index (Phi) is 9.57. The van der Waals surface area contributed by atoms with Crippen LogP contribution in [0.4, 0.5) is 15.8 Å². The summed E-state index contributed by atoms with van der Waals surface area (Å²) in [6.45, 7) is -1.04. The molecule has 2 aliphatic carbocycles. The molecule has 0 spiro atoms. The quantitative estimate of drug-likeness (QED) is 0.501. The van der Waals surface area contributed by atoms with Gasteiger partial charge < -0.3 is 20.0 Å². The lowest BCUT2D eigenvalue weighted by atomic mass is 9.91. The van der Waals surface area contributed by atoms with E-state index in [0.29, 0.717) is 12.1 Å². The third kappa shape index (κ3) is 8.08. The Labute approximate surface area is 179 Å². The number of halogens is 1. The van der Waals surface area contributed by atoms with Crippen LogP contribution in [0.1, 0.15) is 64.2 Å². The second kappa shape index (κ2) is 12.1. The molecule has 0 atom stereocenters. The molecule has 172 valence electrons. The van der Waals surface area contributed by atoms with Gasteiger partial charge in [-0.15, -0.1) is 0 Å². The van der Waals surface area contributed by atoms with Gasteiger partial charge >= 0.3 is 11.4 Å². The number of hydrogen-bond donors (Lipinski definition) is 1. The Morgan fingerprint density at radius 3 is 1.84 bits per heavy atom. The standard InChI is InChI=1S/C12H23N.C8H5FN2O7/c1-3-7-11(8-4-1)13-12-9-5-2-6-10-12;9-4-1-7(18-3-8(12)13)6(11(16)17)2-5(4)10(14)15/h11-13H,1-10H2;1-2H,3H2,(H,12,13). The molecule has 2 aliphatic rings.